The van der Waals surface area contributed by atoms with Crippen LogP contribution in [0.25, 0.3) is 4.96 Å². The molecule has 2 fully saturated rings. The van der Waals surface area contributed by atoms with Crippen molar-refractivity contribution in [2.24, 2.45) is 0 Å². The highest BCUT2D eigenvalue weighted by molar-refractivity contribution is 7.15. The van der Waals surface area contributed by atoms with E-state index in [1.807, 2.05) is 36.0 Å². The zero-order valence-corrected chi connectivity index (χ0v) is 14.0. The summed E-state index contributed by atoms with van der Waals surface area (Å²) in [7, 11) is 0. The molecular formula is C15H19N5O2S. The number of hydrogen-bond acceptors (Lipinski definition) is 5. The number of imide groups is 1. The van der Waals surface area contributed by atoms with Gasteiger partial charge >= 0.3 is 6.03 Å². The minimum atomic E-state index is -0.752. The summed E-state index contributed by atoms with van der Waals surface area (Å²) in [5, 5.41) is 4.92. The Hall–Kier alpha value is -1.93. The summed E-state index contributed by atoms with van der Waals surface area (Å²) in [4.78, 5) is 33.9. The van der Waals surface area contributed by atoms with Crippen molar-refractivity contribution < 1.29 is 9.59 Å². The molecule has 8 heteroatoms. The van der Waals surface area contributed by atoms with E-state index in [0.29, 0.717) is 19.5 Å². The molecule has 2 aromatic rings. The molecule has 0 aliphatic carbocycles. The van der Waals surface area contributed by atoms with Crippen molar-refractivity contribution in [3.63, 3.8) is 0 Å². The van der Waals surface area contributed by atoms with Crippen LogP contribution in [0.15, 0.2) is 17.8 Å². The molecule has 1 N–H and O–H groups in total. The van der Waals surface area contributed by atoms with Gasteiger partial charge in [0.25, 0.3) is 5.91 Å². The Morgan fingerprint density at radius 3 is 2.96 bits per heavy atom. The fourth-order valence-electron chi connectivity index (χ4n) is 3.49. The van der Waals surface area contributed by atoms with Gasteiger partial charge in [-0.05, 0) is 20.3 Å². The number of urea groups is 1. The third kappa shape index (κ3) is 2.24. The highest BCUT2D eigenvalue weighted by Gasteiger charge is 2.55. The first-order valence-electron chi connectivity index (χ1n) is 7.78. The predicted octanol–water partition coefficient (Wildman–Crippen LogP) is 1.30. The Morgan fingerprint density at radius 1 is 1.43 bits per heavy atom. The number of amides is 3. The second-order valence-electron chi connectivity index (χ2n) is 6.57. The first-order valence-corrected chi connectivity index (χ1v) is 8.66. The van der Waals surface area contributed by atoms with E-state index in [-0.39, 0.29) is 18.0 Å². The summed E-state index contributed by atoms with van der Waals surface area (Å²) >= 11 is 1.60. The Kier molecular flexibility index (Phi) is 3.21. The largest absolute Gasteiger partial charge is 0.325 e. The third-order valence-corrected chi connectivity index (χ3v) is 5.36. The topological polar surface area (TPSA) is 70.0 Å². The fourth-order valence-corrected chi connectivity index (χ4v) is 4.21. The third-order valence-electron chi connectivity index (χ3n) is 4.59. The van der Waals surface area contributed by atoms with E-state index in [9.17, 15) is 9.59 Å². The van der Waals surface area contributed by atoms with Gasteiger partial charge in [0.15, 0.2) is 4.96 Å². The minimum Gasteiger partial charge on any atom is -0.322 e. The molecule has 23 heavy (non-hydrogen) atoms. The normalized spacial score (nSPS) is 25.4. The van der Waals surface area contributed by atoms with Gasteiger partial charge < -0.3 is 5.32 Å². The average Bonchev–Trinajstić information content (AvgIpc) is 3.17. The number of carbonyl (C=O) groups is 2. The number of nitrogens with zero attached hydrogens (tertiary/aromatic N) is 4. The second kappa shape index (κ2) is 5.04. The van der Waals surface area contributed by atoms with Gasteiger partial charge in [0.1, 0.15) is 5.54 Å². The minimum absolute atomic E-state index is 0.0918. The number of nitrogens with one attached hydrogen (secondary N) is 1. The Bertz CT molecular complexity index is 753. The average molecular weight is 333 g/mol. The molecule has 2 aliphatic rings. The zero-order chi connectivity index (χ0) is 16.2. The van der Waals surface area contributed by atoms with Crippen LogP contribution in [0, 0.1) is 0 Å². The molecule has 7 nitrogen and oxygen atoms in total. The van der Waals surface area contributed by atoms with Crippen molar-refractivity contribution in [3.05, 3.63) is 23.5 Å². The number of rotatable bonds is 3. The van der Waals surface area contributed by atoms with Crippen molar-refractivity contribution in [2.75, 3.05) is 13.1 Å². The van der Waals surface area contributed by atoms with Crippen LogP contribution in [0.3, 0.4) is 0 Å². The molecule has 0 bridgehead atoms. The van der Waals surface area contributed by atoms with Crippen LogP contribution < -0.4 is 5.32 Å². The van der Waals surface area contributed by atoms with Crippen LogP contribution in [-0.2, 0) is 11.3 Å². The predicted molar refractivity (Wildman–Crippen MR) is 86.2 cm³/mol. The summed E-state index contributed by atoms with van der Waals surface area (Å²) in [6.07, 6.45) is 4.67. The first-order chi connectivity index (χ1) is 11.0. The highest BCUT2D eigenvalue weighted by Crippen LogP contribution is 2.30. The maximum Gasteiger partial charge on any atom is 0.325 e. The summed E-state index contributed by atoms with van der Waals surface area (Å²) in [5.74, 6) is -0.0918. The molecule has 1 atom stereocenters. The molecule has 4 heterocycles. The van der Waals surface area contributed by atoms with Crippen LogP contribution in [0.4, 0.5) is 4.79 Å². The number of carbonyl (C=O) groups excluding carboxylic acids is 2. The number of aromatic nitrogens is 2. The van der Waals surface area contributed by atoms with Crippen molar-refractivity contribution in [1.82, 2.24) is 24.5 Å². The summed E-state index contributed by atoms with van der Waals surface area (Å²) in [6, 6.07) is -0.384. The lowest BCUT2D eigenvalue weighted by Crippen LogP contribution is -2.49. The van der Waals surface area contributed by atoms with E-state index in [4.69, 9.17) is 0 Å². The molecular weight excluding hydrogens is 314 g/mol. The van der Waals surface area contributed by atoms with Crippen LogP contribution in [0.2, 0.25) is 0 Å². The van der Waals surface area contributed by atoms with E-state index in [2.05, 4.69) is 15.2 Å². The lowest BCUT2D eigenvalue weighted by atomic mass is 9.98. The maximum absolute atomic E-state index is 12.7. The van der Waals surface area contributed by atoms with Gasteiger partial charge in [0.05, 0.1) is 5.69 Å². The molecule has 0 unspecified atom stereocenters. The van der Waals surface area contributed by atoms with Gasteiger partial charge in [-0.25, -0.2) is 9.78 Å². The molecule has 2 aromatic heterocycles. The van der Waals surface area contributed by atoms with Crippen LogP contribution >= 0.6 is 11.3 Å². The van der Waals surface area contributed by atoms with Gasteiger partial charge in [-0.3, -0.25) is 19.0 Å². The molecule has 0 aromatic carbocycles. The summed E-state index contributed by atoms with van der Waals surface area (Å²) in [5.41, 5.74) is 0.241. The molecule has 0 saturated carbocycles. The number of thiazole rings is 1. The molecule has 3 amide bonds. The second-order valence-corrected chi connectivity index (χ2v) is 7.44. The molecule has 2 saturated heterocycles. The zero-order valence-electron chi connectivity index (χ0n) is 13.2. The van der Waals surface area contributed by atoms with Crippen molar-refractivity contribution in [3.8, 4) is 0 Å². The van der Waals surface area contributed by atoms with Crippen LogP contribution in [-0.4, -0.2) is 55.8 Å². The fraction of sp³-hybridized carbons (Fsp3) is 0.533. The van der Waals surface area contributed by atoms with E-state index in [0.717, 1.165) is 17.2 Å². The van der Waals surface area contributed by atoms with E-state index in [1.54, 1.807) is 11.3 Å². The van der Waals surface area contributed by atoms with Gasteiger partial charge in [-0.15, -0.1) is 11.3 Å². The summed E-state index contributed by atoms with van der Waals surface area (Å²) in [6.45, 7) is 5.75. The van der Waals surface area contributed by atoms with Crippen molar-refractivity contribution in [2.45, 2.75) is 38.4 Å². The van der Waals surface area contributed by atoms with E-state index < -0.39 is 5.54 Å². The number of likely N-dealkylation sites (tertiary alicyclic amines) is 1. The van der Waals surface area contributed by atoms with Crippen molar-refractivity contribution in [1.29, 1.82) is 0 Å². The van der Waals surface area contributed by atoms with Crippen LogP contribution in [0.5, 0.6) is 0 Å². The van der Waals surface area contributed by atoms with E-state index >= 15 is 0 Å². The Labute approximate surface area is 137 Å². The van der Waals surface area contributed by atoms with Crippen LogP contribution in [0.1, 0.15) is 26.0 Å². The SMILES string of the molecule is CC(C)N1C(=O)N[C@@]2(CCN(Cc3cn4ccsc4n3)C2)C1=O. The Morgan fingerprint density at radius 2 is 2.26 bits per heavy atom. The van der Waals surface area contributed by atoms with Gasteiger partial charge in [0.2, 0.25) is 0 Å². The summed E-state index contributed by atoms with van der Waals surface area (Å²) < 4.78 is 2.01. The smallest absolute Gasteiger partial charge is 0.322 e. The van der Waals surface area contributed by atoms with Gasteiger partial charge in [-0.1, -0.05) is 0 Å². The Balaban J connectivity index is 1.49. The van der Waals surface area contributed by atoms with E-state index in [1.165, 1.54) is 4.90 Å². The lowest BCUT2D eigenvalue weighted by Gasteiger charge is -2.23. The highest BCUT2D eigenvalue weighted by atomic mass is 32.1. The first kappa shape index (κ1) is 14.6. The van der Waals surface area contributed by atoms with Gasteiger partial charge in [-0.2, -0.15) is 0 Å². The quantitative estimate of drug-likeness (QED) is 0.860. The molecule has 1 spiro atoms. The molecule has 4 rings (SSSR count). The standard InChI is InChI=1S/C15H19N5O2S/c1-10(2)20-12(21)15(17-13(20)22)3-4-18(9-15)7-11-8-19-5-6-23-14(19)16-11/h5-6,8,10H,3-4,7,9H2,1-2H3,(H,17,22)/t15-/m1/s1. The monoisotopic (exact) mass is 333 g/mol. The van der Waals surface area contributed by atoms with Gasteiger partial charge in [0, 0.05) is 43.4 Å². The molecule has 0 radical (unpaired) electrons. The number of fused-ring (bicyclic) bond motifs is 1. The number of hydrogen-bond donors (Lipinski definition) is 1. The lowest BCUT2D eigenvalue weighted by molar-refractivity contribution is -0.132. The maximum atomic E-state index is 12.7. The number of imidazole rings is 1. The molecule has 122 valence electrons. The molecule has 2 aliphatic heterocycles. The van der Waals surface area contributed by atoms with Crippen molar-refractivity contribution >= 4 is 28.2 Å².